The Morgan fingerprint density at radius 2 is 2.12 bits per heavy atom. The molecule has 0 saturated heterocycles. The molecule has 130 valence electrons. The largest absolute Gasteiger partial charge is 0.345 e. The van der Waals surface area contributed by atoms with Crippen molar-refractivity contribution in [3.8, 4) is 0 Å². The molecule has 1 saturated carbocycles. The Balaban J connectivity index is 1.66. The maximum Gasteiger partial charge on any atom is 0.242 e. The number of aryl methyl sites for hydroxylation is 1. The third-order valence-electron chi connectivity index (χ3n) is 4.67. The molecule has 1 aliphatic rings. The highest BCUT2D eigenvalue weighted by Gasteiger charge is 2.23. The summed E-state index contributed by atoms with van der Waals surface area (Å²) >= 11 is 6.13. The third kappa shape index (κ3) is 3.31. The Bertz CT molecular complexity index is 731. The summed E-state index contributed by atoms with van der Waals surface area (Å²) in [6.45, 7) is 5.76. The molecule has 0 spiro atoms. The van der Waals surface area contributed by atoms with Gasteiger partial charge in [-0.25, -0.2) is 0 Å². The van der Waals surface area contributed by atoms with Crippen LogP contribution in [-0.2, 0) is 11.3 Å². The molecule has 2 aromatic rings. The lowest BCUT2D eigenvalue weighted by Gasteiger charge is -2.18. The van der Waals surface area contributed by atoms with Gasteiger partial charge in [0, 0.05) is 6.04 Å². The van der Waals surface area contributed by atoms with E-state index in [1.165, 1.54) is 12.8 Å². The summed E-state index contributed by atoms with van der Waals surface area (Å²) in [6, 6.07) is 0.247. The normalized spacial score (nSPS) is 16.5. The zero-order chi connectivity index (χ0) is 17.3. The zero-order valence-electron chi connectivity index (χ0n) is 14.3. The maximum absolute atomic E-state index is 12.4. The molecule has 1 N–H and O–H groups in total. The molecule has 7 nitrogen and oxygen atoms in total. The molecule has 0 aromatic carbocycles. The second-order valence-corrected chi connectivity index (χ2v) is 6.84. The summed E-state index contributed by atoms with van der Waals surface area (Å²) in [5, 5.41) is 16.1. The SMILES string of the molecule is Cc1nn(CC(=O)N[C@@H](C)c2nncn2C2CCCC2)c(C)c1Cl. The molecule has 3 rings (SSSR count). The number of carbonyl (C=O) groups is 1. The predicted molar refractivity (Wildman–Crippen MR) is 90.8 cm³/mol. The number of nitrogens with one attached hydrogen (secondary N) is 1. The number of carbonyl (C=O) groups excluding carboxylic acids is 1. The van der Waals surface area contributed by atoms with E-state index in [4.69, 9.17) is 11.6 Å². The number of hydrogen-bond donors (Lipinski definition) is 1. The highest BCUT2D eigenvalue weighted by molar-refractivity contribution is 6.31. The van der Waals surface area contributed by atoms with Crippen LogP contribution < -0.4 is 5.32 Å². The van der Waals surface area contributed by atoms with Crippen LogP contribution >= 0.6 is 11.6 Å². The molecule has 0 unspecified atom stereocenters. The summed E-state index contributed by atoms with van der Waals surface area (Å²) in [5.41, 5.74) is 1.53. The first-order valence-electron chi connectivity index (χ1n) is 8.35. The molecule has 24 heavy (non-hydrogen) atoms. The predicted octanol–water partition coefficient (Wildman–Crippen LogP) is 2.74. The van der Waals surface area contributed by atoms with Gasteiger partial charge in [0.1, 0.15) is 12.9 Å². The van der Waals surface area contributed by atoms with Crippen molar-refractivity contribution in [2.24, 2.45) is 0 Å². The van der Waals surface area contributed by atoms with E-state index in [1.807, 2.05) is 20.8 Å². The van der Waals surface area contributed by atoms with Gasteiger partial charge >= 0.3 is 0 Å². The molecule has 0 bridgehead atoms. The Morgan fingerprint density at radius 3 is 2.75 bits per heavy atom. The molecule has 0 radical (unpaired) electrons. The van der Waals surface area contributed by atoms with Gasteiger partial charge < -0.3 is 9.88 Å². The van der Waals surface area contributed by atoms with Crippen molar-refractivity contribution in [2.75, 3.05) is 0 Å². The van der Waals surface area contributed by atoms with Crippen LogP contribution in [0.25, 0.3) is 0 Å². The van der Waals surface area contributed by atoms with E-state index in [0.717, 1.165) is 30.1 Å². The van der Waals surface area contributed by atoms with Crippen LogP contribution in [0.5, 0.6) is 0 Å². The van der Waals surface area contributed by atoms with Crippen LogP contribution in [0.15, 0.2) is 6.33 Å². The highest BCUT2D eigenvalue weighted by atomic mass is 35.5. The van der Waals surface area contributed by atoms with E-state index in [9.17, 15) is 4.79 Å². The fourth-order valence-corrected chi connectivity index (χ4v) is 3.48. The molecule has 8 heteroatoms. The molecule has 2 heterocycles. The average molecular weight is 351 g/mol. The van der Waals surface area contributed by atoms with Crippen molar-refractivity contribution in [2.45, 2.75) is 65.1 Å². The van der Waals surface area contributed by atoms with Gasteiger partial charge in [-0.2, -0.15) is 5.10 Å². The minimum atomic E-state index is -0.201. The minimum absolute atomic E-state index is 0.120. The number of rotatable bonds is 5. The van der Waals surface area contributed by atoms with E-state index in [-0.39, 0.29) is 18.5 Å². The Kier molecular flexibility index (Phi) is 4.89. The number of amides is 1. The fourth-order valence-electron chi connectivity index (χ4n) is 3.34. The lowest BCUT2D eigenvalue weighted by molar-refractivity contribution is -0.122. The number of aromatic nitrogens is 5. The topological polar surface area (TPSA) is 77.6 Å². The molecule has 1 fully saturated rings. The van der Waals surface area contributed by atoms with E-state index >= 15 is 0 Å². The summed E-state index contributed by atoms with van der Waals surface area (Å²) < 4.78 is 3.74. The van der Waals surface area contributed by atoms with Crippen molar-refractivity contribution < 1.29 is 4.79 Å². The fraction of sp³-hybridized carbons (Fsp3) is 0.625. The lowest BCUT2D eigenvalue weighted by atomic mass is 10.2. The second-order valence-electron chi connectivity index (χ2n) is 6.47. The van der Waals surface area contributed by atoms with Crippen LogP contribution in [0.2, 0.25) is 5.02 Å². The highest BCUT2D eigenvalue weighted by Crippen LogP contribution is 2.31. The van der Waals surface area contributed by atoms with Crippen molar-refractivity contribution >= 4 is 17.5 Å². The molecule has 1 atom stereocenters. The average Bonchev–Trinajstić information content (AvgIpc) is 3.25. The van der Waals surface area contributed by atoms with Crippen LogP contribution in [0.4, 0.5) is 0 Å². The van der Waals surface area contributed by atoms with Crippen molar-refractivity contribution in [3.63, 3.8) is 0 Å². The Hall–Kier alpha value is -1.89. The zero-order valence-corrected chi connectivity index (χ0v) is 15.0. The third-order valence-corrected chi connectivity index (χ3v) is 5.22. The number of hydrogen-bond acceptors (Lipinski definition) is 4. The first-order chi connectivity index (χ1) is 11.5. The van der Waals surface area contributed by atoms with Crippen molar-refractivity contribution in [1.29, 1.82) is 0 Å². The summed E-state index contributed by atoms with van der Waals surface area (Å²) in [7, 11) is 0. The van der Waals surface area contributed by atoms with Gasteiger partial charge in [-0.15, -0.1) is 10.2 Å². The van der Waals surface area contributed by atoms with E-state index in [2.05, 4.69) is 25.2 Å². The molecule has 1 aliphatic carbocycles. The van der Waals surface area contributed by atoms with Gasteiger partial charge in [-0.05, 0) is 33.6 Å². The van der Waals surface area contributed by atoms with Crippen LogP contribution in [-0.4, -0.2) is 30.5 Å². The van der Waals surface area contributed by atoms with E-state index in [0.29, 0.717) is 11.1 Å². The summed E-state index contributed by atoms with van der Waals surface area (Å²) in [6.07, 6.45) is 6.55. The summed E-state index contributed by atoms with van der Waals surface area (Å²) in [5.74, 6) is 0.687. The first kappa shape index (κ1) is 17.0. The van der Waals surface area contributed by atoms with Gasteiger partial charge in [0.2, 0.25) is 5.91 Å². The Morgan fingerprint density at radius 1 is 1.42 bits per heavy atom. The van der Waals surface area contributed by atoms with Gasteiger partial charge in [0.05, 0.1) is 22.5 Å². The van der Waals surface area contributed by atoms with Crippen molar-refractivity contribution in [1.82, 2.24) is 29.9 Å². The number of nitrogens with zero attached hydrogens (tertiary/aromatic N) is 5. The Labute approximate surface area is 146 Å². The monoisotopic (exact) mass is 350 g/mol. The minimum Gasteiger partial charge on any atom is -0.345 e. The standard InChI is InChI=1S/C16H23ClN6O/c1-10-15(17)12(3)23(21-10)8-14(24)19-11(2)16-20-18-9-22(16)13-6-4-5-7-13/h9,11,13H,4-8H2,1-3H3,(H,19,24)/t11-/m0/s1. The van der Waals surface area contributed by atoms with Crippen molar-refractivity contribution in [3.05, 3.63) is 28.6 Å². The quantitative estimate of drug-likeness (QED) is 0.899. The van der Waals surface area contributed by atoms with Gasteiger partial charge in [-0.1, -0.05) is 24.4 Å². The molecule has 1 amide bonds. The van der Waals surface area contributed by atoms with E-state index < -0.39 is 0 Å². The number of halogens is 1. The lowest BCUT2D eigenvalue weighted by Crippen LogP contribution is -2.32. The molecule has 2 aromatic heterocycles. The second kappa shape index (κ2) is 6.93. The molecular formula is C16H23ClN6O. The van der Waals surface area contributed by atoms with Gasteiger partial charge in [0.25, 0.3) is 0 Å². The maximum atomic E-state index is 12.4. The van der Waals surface area contributed by atoms with E-state index in [1.54, 1.807) is 11.0 Å². The van der Waals surface area contributed by atoms with Crippen LogP contribution in [0, 0.1) is 13.8 Å². The van der Waals surface area contributed by atoms with Gasteiger partial charge in [0.15, 0.2) is 5.82 Å². The molecular weight excluding hydrogens is 328 g/mol. The first-order valence-corrected chi connectivity index (χ1v) is 8.73. The van der Waals surface area contributed by atoms with Crippen LogP contribution in [0.3, 0.4) is 0 Å². The molecule has 0 aliphatic heterocycles. The van der Waals surface area contributed by atoms with Crippen LogP contribution in [0.1, 0.15) is 61.9 Å². The van der Waals surface area contributed by atoms with Gasteiger partial charge in [-0.3, -0.25) is 9.48 Å². The smallest absolute Gasteiger partial charge is 0.242 e. The summed E-state index contributed by atoms with van der Waals surface area (Å²) in [4.78, 5) is 12.4.